The quantitative estimate of drug-likeness (QED) is 0.780. The van der Waals surface area contributed by atoms with E-state index in [1.165, 1.54) is 0 Å². The third kappa shape index (κ3) is 4.41. The molecule has 0 aliphatic carbocycles. The van der Waals surface area contributed by atoms with Gasteiger partial charge in [-0.05, 0) is 25.0 Å². The Bertz CT molecular complexity index is 723. The fourth-order valence-corrected chi connectivity index (χ4v) is 2.93. The summed E-state index contributed by atoms with van der Waals surface area (Å²) < 4.78 is 0. The number of rotatable bonds is 5. The van der Waals surface area contributed by atoms with Gasteiger partial charge in [-0.3, -0.25) is 9.59 Å². The number of carbonyl (C=O) groups excluding carboxylic acids is 2. The van der Waals surface area contributed by atoms with Gasteiger partial charge < -0.3 is 9.80 Å². The second-order valence-electron chi connectivity index (χ2n) is 6.17. The maximum atomic E-state index is 12.4. The molecule has 6 heteroatoms. The fraction of sp³-hybridized carbons (Fsp3) is 0.368. The Morgan fingerprint density at radius 1 is 1.00 bits per heavy atom. The van der Waals surface area contributed by atoms with Crippen LogP contribution in [0.1, 0.15) is 29.3 Å². The lowest BCUT2D eigenvalue weighted by atomic mass is 10.1. The standard InChI is InChI=1S/C19H22N4O2/c1-15(24)17-6-3-16(4-7-17)5-8-18(25)22-11-13-23(14-12-22)19-20-9-2-10-21-19/h2-4,6-7,9-10H,5,8,11-14H2,1H3. The minimum atomic E-state index is 0.0582. The molecule has 1 saturated heterocycles. The summed E-state index contributed by atoms with van der Waals surface area (Å²) >= 11 is 0. The van der Waals surface area contributed by atoms with Gasteiger partial charge in [0, 0.05) is 50.6 Å². The molecule has 1 aliphatic heterocycles. The molecular formula is C19H22N4O2. The number of Topliss-reactive ketones (excluding diaryl/α,β-unsaturated/α-hetero) is 1. The van der Waals surface area contributed by atoms with Crippen molar-refractivity contribution in [3.8, 4) is 0 Å². The summed E-state index contributed by atoms with van der Waals surface area (Å²) in [4.78, 5) is 36.2. The summed E-state index contributed by atoms with van der Waals surface area (Å²) in [7, 11) is 0. The van der Waals surface area contributed by atoms with Gasteiger partial charge in [0.1, 0.15) is 0 Å². The smallest absolute Gasteiger partial charge is 0.225 e. The molecule has 25 heavy (non-hydrogen) atoms. The molecular weight excluding hydrogens is 316 g/mol. The molecule has 1 aromatic carbocycles. The number of benzene rings is 1. The van der Waals surface area contributed by atoms with E-state index in [0.29, 0.717) is 31.5 Å². The van der Waals surface area contributed by atoms with E-state index in [0.717, 1.165) is 24.6 Å². The van der Waals surface area contributed by atoms with Gasteiger partial charge >= 0.3 is 0 Å². The van der Waals surface area contributed by atoms with Crippen LogP contribution in [-0.2, 0) is 11.2 Å². The number of nitrogens with zero attached hydrogens (tertiary/aromatic N) is 4. The summed E-state index contributed by atoms with van der Waals surface area (Å²) in [6.45, 7) is 4.45. The van der Waals surface area contributed by atoms with Crippen LogP contribution in [0.4, 0.5) is 5.95 Å². The van der Waals surface area contributed by atoms with Crippen LogP contribution in [0.2, 0.25) is 0 Å². The highest BCUT2D eigenvalue weighted by molar-refractivity contribution is 5.94. The number of ketones is 1. The molecule has 0 unspecified atom stereocenters. The van der Waals surface area contributed by atoms with Crippen molar-refractivity contribution in [2.24, 2.45) is 0 Å². The molecule has 0 atom stereocenters. The Morgan fingerprint density at radius 3 is 2.24 bits per heavy atom. The second-order valence-corrected chi connectivity index (χ2v) is 6.17. The Balaban J connectivity index is 1.47. The second kappa shape index (κ2) is 7.88. The first-order valence-electron chi connectivity index (χ1n) is 8.53. The van der Waals surface area contributed by atoms with Crippen LogP contribution in [0.15, 0.2) is 42.7 Å². The Kier molecular flexibility index (Phi) is 5.38. The molecule has 0 N–H and O–H groups in total. The summed E-state index contributed by atoms with van der Waals surface area (Å²) in [5.74, 6) is 0.951. The van der Waals surface area contributed by atoms with Gasteiger partial charge in [-0.25, -0.2) is 9.97 Å². The van der Waals surface area contributed by atoms with Crippen molar-refractivity contribution in [1.82, 2.24) is 14.9 Å². The minimum absolute atomic E-state index is 0.0582. The maximum Gasteiger partial charge on any atom is 0.225 e. The van der Waals surface area contributed by atoms with E-state index < -0.39 is 0 Å². The van der Waals surface area contributed by atoms with E-state index in [2.05, 4.69) is 14.9 Å². The first-order chi connectivity index (χ1) is 12.1. The van der Waals surface area contributed by atoms with Crippen molar-refractivity contribution < 1.29 is 9.59 Å². The van der Waals surface area contributed by atoms with E-state index in [4.69, 9.17) is 0 Å². The normalized spacial score (nSPS) is 14.4. The van der Waals surface area contributed by atoms with Crippen molar-refractivity contribution in [1.29, 1.82) is 0 Å². The van der Waals surface area contributed by atoms with Gasteiger partial charge in [-0.2, -0.15) is 0 Å². The van der Waals surface area contributed by atoms with Crippen molar-refractivity contribution in [3.05, 3.63) is 53.9 Å². The lowest BCUT2D eigenvalue weighted by molar-refractivity contribution is -0.131. The summed E-state index contributed by atoms with van der Waals surface area (Å²) in [6, 6.07) is 9.29. The van der Waals surface area contributed by atoms with Crippen LogP contribution in [0.25, 0.3) is 0 Å². The summed E-state index contributed by atoms with van der Waals surface area (Å²) in [5, 5.41) is 0. The molecule has 3 rings (SSSR count). The lowest BCUT2D eigenvalue weighted by Gasteiger charge is -2.34. The number of piperazine rings is 1. The molecule has 6 nitrogen and oxygen atoms in total. The number of hydrogen-bond acceptors (Lipinski definition) is 5. The average Bonchev–Trinajstić information content (AvgIpc) is 2.67. The van der Waals surface area contributed by atoms with E-state index in [1.54, 1.807) is 25.4 Å². The topological polar surface area (TPSA) is 66.4 Å². The number of aryl methyl sites for hydroxylation is 1. The zero-order chi connectivity index (χ0) is 17.6. The monoisotopic (exact) mass is 338 g/mol. The van der Waals surface area contributed by atoms with Crippen LogP contribution in [-0.4, -0.2) is 52.7 Å². The van der Waals surface area contributed by atoms with E-state index >= 15 is 0 Å². The van der Waals surface area contributed by atoms with Crippen molar-refractivity contribution in [2.45, 2.75) is 19.8 Å². The van der Waals surface area contributed by atoms with Gasteiger partial charge in [0.05, 0.1) is 0 Å². The van der Waals surface area contributed by atoms with E-state index in [1.807, 2.05) is 29.2 Å². The lowest BCUT2D eigenvalue weighted by Crippen LogP contribution is -2.49. The zero-order valence-electron chi connectivity index (χ0n) is 14.4. The average molecular weight is 338 g/mol. The highest BCUT2D eigenvalue weighted by Gasteiger charge is 2.22. The van der Waals surface area contributed by atoms with Crippen LogP contribution in [0.3, 0.4) is 0 Å². The Hall–Kier alpha value is -2.76. The molecule has 1 amide bonds. The van der Waals surface area contributed by atoms with Gasteiger partial charge in [0.25, 0.3) is 0 Å². The molecule has 0 saturated carbocycles. The first kappa shape index (κ1) is 17.1. The molecule has 1 aliphatic rings. The third-order valence-corrected chi connectivity index (χ3v) is 4.46. The minimum Gasteiger partial charge on any atom is -0.339 e. The highest BCUT2D eigenvalue weighted by Crippen LogP contribution is 2.12. The van der Waals surface area contributed by atoms with Crippen molar-refractivity contribution >= 4 is 17.6 Å². The van der Waals surface area contributed by atoms with Crippen LogP contribution < -0.4 is 4.90 Å². The van der Waals surface area contributed by atoms with Crippen LogP contribution >= 0.6 is 0 Å². The largest absolute Gasteiger partial charge is 0.339 e. The third-order valence-electron chi connectivity index (χ3n) is 4.46. The van der Waals surface area contributed by atoms with Gasteiger partial charge in [0.15, 0.2) is 5.78 Å². The number of anilines is 1. The van der Waals surface area contributed by atoms with E-state index in [9.17, 15) is 9.59 Å². The predicted molar refractivity (Wildman–Crippen MR) is 95.6 cm³/mol. The Morgan fingerprint density at radius 2 is 1.64 bits per heavy atom. The predicted octanol–water partition coefficient (Wildman–Crippen LogP) is 1.96. The van der Waals surface area contributed by atoms with Gasteiger partial charge in [-0.1, -0.05) is 24.3 Å². The zero-order valence-corrected chi connectivity index (χ0v) is 14.4. The maximum absolute atomic E-state index is 12.4. The molecule has 1 fully saturated rings. The molecule has 130 valence electrons. The number of hydrogen-bond donors (Lipinski definition) is 0. The molecule has 1 aromatic heterocycles. The van der Waals surface area contributed by atoms with Gasteiger partial charge in [0.2, 0.25) is 11.9 Å². The molecule has 0 bridgehead atoms. The fourth-order valence-electron chi connectivity index (χ4n) is 2.93. The van der Waals surface area contributed by atoms with Crippen LogP contribution in [0.5, 0.6) is 0 Å². The molecule has 2 aromatic rings. The van der Waals surface area contributed by atoms with Crippen LogP contribution in [0, 0.1) is 0 Å². The summed E-state index contributed by atoms with van der Waals surface area (Å²) in [6.07, 6.45) is 4.65. The molecule has 2 heterocycles. The van der Waals surface area contributed by atoms with E-state index in [-0.39, 0.29) is 11.7 Å². The van der Waals surface area contributed by atoms with Crippen molar-refractivity contribution in [2.75, 3.05) is 31.1 Å². The Labute approximate surface area is 147 Å². The number of aromatic nitrogens is 2. The SMILES string of the molecule is CC(=O)c1ccc(CCC(=O)N2CCN(c3ncccn3)CC2)cc1. The highest BCUT2D eigenvalue weighted by atomic mass is 16.2. The number of carbonyl (C=O) groups is 2. The van der Waals surface area contributed by atoms with Crippen molar-refractivity contribution in [3.63, 3.8) is 0 Å². The summed E-state index contributed by atoms with van der Waals surface area (Å²) in [5.41, 5.74) is 1.78. The van der Waals surface area contributed by atoms with Gasteiger partial charge in [-0.15, -0.1) is 0 Å². The number of amides is 1. The molecule has 0 radical (unpaired) electrons. The first-order valence-corrected chi connectivity index (χ1v) is 8.53. The molecule has 0 spiro atoms.